The molecule has 2 aromatic heterocycles. The van der Waals surface area contributed by atoms with Gasteiger partial charge in [0.25, 0.3) is 10.0 Å². The molecule has 2 heterocycles. The third-order valence-electron chi connectivity index (χ3n) is 5.93. The Labute approximate surface area is 238 Å². The van der Waals surface area contributed by atoms with Crippen LogP contribution in [0.3, 0.4) is 0 Å². The number of anilines is 1. The zero-order chi connectivity index (χ0) is 30.2. The molecule has 0 saturated heterocycles. The molecule has 0 bridgehead atoms. The van der Waals surface area contributed by atoms with Crippen molar-refractivity contribution in [3.05, 3.63) is 77.6 Å². The summed E-state index contributed by atoms with van der Waals surface area (Å²) in [4.78, 5) is 7.17. The number of sulfonamides is 1. The number of ether oxygens (including phenoxy) is 1. The largest absolute Gasteiger partial charge is 0.493 e. The summed E-state index contributed by atoms with van der Waals surface area (Å²) in [5, 5.41) is -0.303. The van der Waals surface area contributed by atoms with Crippen molar-refractivity contribution in [2.45, 2.75) is 45.2 Å². The predicted octanol–water partition coefficient (Wildman–Crippen LogP) is 8.09. The van der Waals surface area contributed by atoms with Crippen molar-refractivity contribution in [3.8, 4) is 27.4 Å². The minimum absolute atomic E-state index is 0.0520. The van der Waals surface area contributed by atoms with E-state index >= 15 is 0 Å². The van der Waals surface area contributed by atoms with E-state index in [1.54, 1.807) is 0 Å². The zero-order valence-corrected chi connectivity index (χ0v) is 24.1. The Kier molecular flexibility index (Phi) is 8.42. The number of halogens is 5. The first-order valence-electron chi connectivity index (χ1n) is 12.3. The molecule has 41 heavy (non-hydrogen) atoms. The van der Waals surface area contributed by atoms with Crippen LogP contribution >= 0.6 is 11.3 Å². The SMILES string of the molecule is Cc1cccc(C(F)(F)F)c1-c1nc(NS(=O)(=O)c2ccnc(F)c2)sc1-c1cc(F)cc(OCCC(C)(C)C)c1. The van der Waals surface area contributed by atoms with Gasteiger partial charge in [-0.1, -0.05) is 44.2 Å². The molecule has 0 aliphatic rings. The first kappa shape index (κ1) is 30.4. The summed E-state index contributed by atoms with van der Waals surface area (Å²) in [6.45, 7) is 7.77. The molecule has 218 valence electrons. The molecule has 6 nitrogen and oxygen atoms in total. The number of nitrogens with zero attached hydrogens (tertiary/aromatic N) is 2. The number of nitrogens with one attached hydrogen (secondary N) is 1. The summed E-state index contributed by atoms with van der Waals surface area (Å²) in [6.07, 6.45) is -3.15. The third kappa shape index (κ3) is 7.39. The van der Waals surface area contributed by atoms with Crippen molar-refractivity contribution in [1.82, 2.24) is 9.97 Å². The van der Waals surface area contributed by atoms with Crippen LogP contribution in [0.2, 0.25) is 0 Å². The molecule has 0 aliphatic carbocycles. The van der Waals surface area contributed by atoms with Gasteiger partial charge in [0, 0.05) is 29.5 Å². The number of alkyl halides is 3. The van der Waals surface area contributed by atoms with Gasteiger partial charge < -0.3 is 4.74 Å². The van der Waals surface area contributed by atoms with Gasteiger partial charge in [-0.05, 0) is 48.6 Å². The van der Waals surface area contributed by atoms with Crippen LogP contribution in [-0.2, 0) is 16.2 Å². The van der Waals surface area contributed by atoms with E-state index in [0.29, 0.717) is 23.8 Å². The number of hydrogen-bond acceptors (Lipinski definition) is 6. The average molecular weight is 612 g/mol. The van der Waals surface area contributed by atoms with Gasteiger partial charge in [-0.15, -0.1) is 0 Å². The maximum Gasteiger partial charge on any atom is 0.417 e. The van der Waals surface area contributed by atoms with Crippen LogP contribution in [0.1, 0.15) is 38.3 Å². The van der Waals surface area contributed by atoms with Gasteiger partial charge in [-0.3, -0.25) is 4.72 Å². The highest BCUT2D eigenvalue weighted by Crippen LogP contribution is 2.46. The highest BCUT2D eigenvalue weighted by atomic mass is 32.2. The van der Waals surface area contributed by atoms with E-state index in [1.165, 1.54) is 25.1 Å². The molecular formula is C28H26F5N3O3S2. The molecule has 0 amide bonds. The Morgan fingerprint density at radius 3 is 2.41 bits per heavy atom. The van der Waals surface area contributed by atoms with Crippen molar-refractivity contribution in [3.63, 3.8) is 0 Å². The summed E-state index contributed by atoms with van der Waals surface area (Å²) < 4.78 is 104. The van der Waals surface area contributed by atoms with Crippen LogP contribution in [-0.4, -0.2) is 25.0 Å². The number of rotatable bonds is 8. The molecule has 0 atom stereocenters. The lowest BCUT2D eigenvalue weighted by atomic mass is 9.93. The minimum atomic E-state index is -4.76. The van der Waals surface area contributed by atoms with E-state index in [9.17, 15) is 30.4 Å². The molecule has 0 aliphatic heterocycles. The van der Waals surface area contributed by atoms with Gasteiger partial charge in [0.1, 0.15) is 11.6 Å². The third-order valence-corrected chi connectivity index (χ3v) is 8.41. The van der Waals surface area contributed by atoms with Crippen molar-refractivity contribution < 1.29 is 35.1 Å². The van der Waals surface area contributed by atoms with E-state index < -0.39 is 38.4 Å². The summed E-state index contributed by atoms with van der Waals surface area (Å²) in [5.41, 5.74) is -1.18. The van der Waals surface area contributed by atoms with Gasteiger partial charge in [0.15, 0.2) is 5.13 Å². The molecule has 0 fully saturated rings. The summed E-state index contributed by atoms with van der Waals surface area (Å²) >= 11 is 0.706. The molecule has 1 N–H and O–H groups in total. The molecule has 13 heteroatoms. The molecule has 4 aromatic rings. The van der Waals surface area contributed by atoms with E-state index in [0.717, 1.165) is 30.5 Å². The lowest BCUT2D eigenvalue weighted by Gasteiger charge is -2.18. The number of aryl methyl sites for hydroxylation is 1. The lowest BCUT2D eigenvalue weighted by Crippen LogP contribution is -2.13. The lowest BCUT2D eigenvalue weighted by molar-refractivity contribution is -0.137. The first-order valence-corrected chi connectivity index (χ1v) is 14.6. The van der Waals surface area contributed by atoms with E-state index in [1.807, 2.05) is 20.8 Å². The number of thiazole rings is 1. The normalized spacial score (nSPS) is 12.4. The van der Waals surface area contributed by atoms with Crippen LogP contribution in [0.15, 0.2) is 59.6 Å². The van der Waals surface area contributed by atoms with Crippen LogP contribution in [0.25, 0.3) is 21.7 Å². The minimum Gasteiger partial charge on any atom is -0.493 e. The molecule has 0 saturated carbocycles. The fourth-order valence-electron chi connectivity index (χ4n) is 3.93. The van der Waals surface area contributed by atoms with Gasteiger partial charge in [0.2, 0.25) is 5.95 Å². The number of benzene rings is 2. The number of hydrogen-bond donors (Lipinski definition) is 1. The van der Waals surface area contributed by atoms with E-state index in [4.69, 9.17) is 4.74 Å². The zero-order valence-electron chi connectivity index (χ0n) is 22.4. The van der Waals surface area contributed by atoms with E-state index in [2.05, 4.69) is 14.7 Å². The Morgan fingerprint density at radius 1 is 1.02 bits per heavy atom. The first-order chi connectivity index (χ1) is 19.0. The average Bonchev–Trinajstić information content (AvgIpc) is 3.25. The van der Waals surface area contributed by atoms with E-state index in [-0.39, 0.29) is 50.2 Å². The molecular weight excluding hydrogens is 585 g/mol. The Bertz CT molecular complexity index is 1680. The second-order valence-electron chi connectivity index (χ2n) is 10.4. The Morgan fingerprint density at radius 2 is 1.76 bits per heavy atom. The Balaban J connectivity index is 1.87. The summed E-state index contributed by atoms with van der Waals surface area (Å²) in [7, 11) is -4.40. The van der Waals surface area contributed by atoms with Gasteiger partial charge in [0.05, 0.1) is 27.6 Å². The molecule has 0 radical (unpaired) electrons. The van der Waals surface area contributed by atoms with Gasteiger partial charge in [-0.2, -0.15) is 17.6 Å². The van der Waals surface area contributed by atoms with Crippen LogP contribution in [0.4, 0.5) is 27.1 Å². The highest BCUT2D eigenvalue weighted by Gasteiger charge is 2.36. The molecule has 0 spiro atoms. The van der Waals surface area contributed by atoms with Crippen molar-refractivity contribution in [2.75, 3.05) is 11.3 Å². The number of aromatic nitrogens is 2. The molecule has 0 unspecified atom stereocenters. The molecule has 2 aromatic carbocycles. The standard InChI is InChI=1S/C28H26F5N3O3S2/c1-16-6-5-7-21(28(31,32)33)23(16)24-25(17-12-18(29)14-19(13-17)39-11-9-27(2,3)4)40-26(35-24)36-41(37,38)20-8-10-34-22(30)15-20/h5-8,10,12-15H,9,11H2,1-4H3,(H,35,36). The smallest absolute Gasteiger partial charge is 0.417 e. The second kappa shape index (κ2) is 11.4. The fourth-order valence-corrected chi connectivity index (χ4v) is 6.12. The predicted molar refractivity (Wildman–Crippen MR) is 147 cm³/mol. The van der Waals surface area contributed by atoms with Gasteiger partial charge in [-0.25, -0.2) is 22.8 Å². The maximum atomic E-state index is 14.8. The van der Waals surface area contributed by atoms with Crippen molar-refractivity contribution >= 4 is 26.5 Å². The van der Waals surface area contributed by atoms with Crippen LogP contribution in [0.5, 0.6) is 5.75 Å². The van der Waals surface area contributed by atoms with Crippen LogP contribution < -0.4 is 9.46 Å². The second-order valence-corrected chi connectivity index (χ2v) is 13.1. The monoisotopic (exact) mass is 611 g/mol. The van der Waals surface area contributed by atoms with Crippen molar-refractivity contribution in [2.24, 2.45) is 5.41 Å². The maximum absolute atomic E-state index is 14.8. The Hall–Kier alpha value is -3.58. The summed E-state index contributed by atoms with van der Waals surface area (Å²) in [6, 6.07) is 9.07. The fraction of sp³-hybridized carbons (Fsp3) is 0.286. The van der Waals surface area contributed by atoms with Crippen molar-refractivity contribution in [1.29, 1.82) is 0 Å². The summed E-state index contributed by atoms with van der Waals surface area (Å²) in [5.74, 6) is -1.59. The van der Waals surface area contributed by atoms with Gasteiger partial charge >= 0.3 is 6.18 Å². The highest BCUT2D eigenvalue weighted by molar-refractivity contribution is 7.93. The van der Waals surface area contributed by atoms with Crippen LogP contribution in [0, 0.1) is 24.1 Å². The molecule has 4 rings (SSSR count). The number of pyridine rings is 1. The topological polar surface area (TPSA) is 81.2 Å². The quantitative estimate of drug-likeness (QED) is 0.161.